The van der Waals surface area contributed by atoms with Gasteiger partial charge < -0.3 is 10.4 Å². The van der Waals surface area contributed by atoms with E-state index in [9.17, 15) is 9.90 Å². The first-order valence-corrected chi connectivity index (χ1v) is 8.18. The minimum absolute atomic E-state index is 0.521. The molecule has 1 aromatic carbocycles. The molecule has 2 rings (SSSR count). The van der Waals surface area contributed by atoms with Gasteiger partial charge in [-0.1, -0.05) is 43.7 Å². The molecule has 1 aliphatic rings. The number of rotatable bonds is 5. The molecule has 0 saturated heterocycles. The molecule has 0 heterocycles. The summed E-state index contributed by atoms with van der Waals surface area (Å²) in [6.07, 6.45) is 6.72. The molecule has 1 saturated carbocycles. The Kier molecular flexibility index (Phi) is 5.73. The van der Waals surface area contributed by atoms with Crippen LogP contribution in [0.1, 0.15) is 38.5 Å². The zero-order chi connectivity index (χ0) is 14.5. The van der Waals surface area contributed by atoms with Gasteiger partial charge in [-0.05, 0) is 46.5 Å². The van der Waals surface area contributed by atoms with Crippen LogP contribution in [0.2, 0.25) is 5.02 Å². The number of halogens is 2. The Bertz CT molecular complexity index is 475. The molecule has 0 spiro atoms. The predicted octanol–water partition coefficient (Wildman–Crippen LogP) is 4.94. The molecule has 0 bridgehead atoms. The summed E-state index contributed by atoms with van der Waals surface area (Å²) in [5, 5.41) is 13.1. The van der Waals surface area contributed by atoms with Crippen molar-refractivity contribution in [3.8, 4) is 0 Å². The Morgan fingerprint density at radius 3 is 2.70 bits per heavy atom. The number of carbonyl (C=O) groups is 1. The van der Waals surface area contributed by atoms with Crippen molar-refractivity contribution < 1.29 is 9.90 Å². The first-order valence-electron chi connectivity index (χ1n) is 7.00. The molecule has 1 fully saturated rings. The Morgan fingerprint density at radius 2 is 2.10 bits per heavy atom. The van der Waals surface area contributed by atoms with Gasteiger partial charge in [-0.3, -0.25) is 0 Å². The summed E-state index contributed by atoms with van der Waals surface area (Å²) in [6.45, 7) is 0. The van der Waals surface area contributed by atoms with Crippen LogP contribution in [0.25, 0.3) is 0 Å². The number of carboxylic acids is 1. The normalized spacial score (nSPS) is 17.7. The SMILES string of the molecule is O=C(O)C(CC1CCCCC1)Nc1ccc(Cl)c(Br)c1. The van der Waals surface area contributed by atoms with Gasteiger partial charge in [0.25, 0.3) is 0 Å². The van der Waals surface area contributed by atoms with Gasteiger partial charge in [-0.2, -0.15) is 0 Å². The van der Waals surface area contributed by atoms with Gasteiger partial charge in [0.15, 0.2) is 0 Å². The molecule has 20 heavy (non-hydrogen) atoms. The topological polar surface area (TPSA) is 49.3 Å². The molecule has 1 aromatic rings. The number of nitrogens with one attached hydrogen (secondary N) is 1. The average Bonchev–Trinajstić information content (AvgIpc) is 2.43. The molecule has 2 N–H and O–H groups in total. The van der Waals surface area contributed by atoms with E-state index < -0.39 is 12.0 Å². The van der Waals surface area contributed by atoms with Crippen molar-refractivity contribution in [3.05, 3.63) is 27.7 Å². The van der Waals surface area contributed by atoms with E-state index in [1.54, 1.807) is 6.07 Å². The highest BCUT2D eigenvalue weighted by molar-refractivity contribution is 9.10. The van der Waals surface area contributed by atoms with E-state index in [0.717, 1.165) is 23.0 Å². The van der Waals surface area contributed by atoms with Gasteiger partial charge in [0.1, 0.15) is 6.04 Å². The Labute approximate surface area is 132 Å². The van der Waals surface area contributed by atoms with Crippen LogP contribution in [0.5, 0.6) is 0 Å². The van der Waals surface area contributed by atoms with Crippen LogP contribution in [0.4, 0.5) is 5.69 Å². The van der Waals surface area contributed by atoms with Crippen LogP contribution in [-0.4, -0.2) is 17.1 Å². The second kappa shape index (κ2) is 7.32. The zero-order valence-corrected chi connectivity index (χ0v) is 13.6. The van der Waals surface area contributed by atoms with E-state index in [1.807, 2.05) is 12.1 Å². The monoisotopic (exact) mass is 359 g/mol. The first-order chi connectivity index (χ1) is 9.56. The molecule has 1 unspecified atom stereocenters. The highest BCUT2D eigenvalue weighted by Gasteiger charge is 2.23. The third-order valence-electron chi connectivity index (χ3n) is 3.85. The molecule has 3 nitrogen and oxygen atoms in total. The lowest BCUT2D eigenvalue weighted by molar-refractivity contribution is -0.138. The molecular formula is C15H19BrClNO2. The van der Waals surface area contributed by atoms with E-state index in [-0.39, 0.29) is 0 Å². The lowest BCUT2D eigenvalue weighted by Crippen LogP contribution is -2.32. The fourth-order valence-electron chi connectivity index (χ4n) is 2.76. The van der Waals surface area contributed by atoms with Gasteiger partial charge in [0.05, 0.1) is 5.02 Å². The van der Waals surface area contributed by atoms with Crippen LogP contribution in [0, 0.1) is 5.92 Å². The van der Waals surface area contributed by atoms with E-state index in [0.29, 0.717) is 17.4 Å². The summed E-state index contributed by atoms with van der Waals surface area (Å²) < 4.78 is 0.769. The summed E-state index contributed by atoms with van der Waals surface area (Å²) in [5.74, 6) is -0.269. The standard InChI is InChI=1S/C15H19BrClNO2/c16-12-9-11(6-7-13(12)17)18-14(15(19)20)8-10-4-2-1-3-5-10/h6-7,9-10,14,18H,1-5,8H2,(H,19,20). The third-order valence-corrected chi connectivity index (χ3v) is 5.07. The quantitative estimate of drug-likeness (QED) is 0.782. The maximum atomic E-state index is 11.4. The molecule has 5 heteroatoms. The lowest BCUT2D eigenvalue weighted by atomic mass is 9.85. The van der Waals surface area contributed by atoms with E-state index in [2.05, 4.69) is 21.2 Å². The number of carboxylic acid groups (broad SMARTS) is 1. The number of aliphatic carboxylic acids is 1. The fraction of sp³-hybridized carbons (Fsp3) is 0.533. The first kappa shape index (κ1) is 15.6. The summed E-state index contributed by atoms with van der Waals surface area (Å²) in [5.41, 5.74) is 0.782. The Morgan fingerprint density at radius 1 is 1.40 bits per heavy atom. The second-order valence-corrected chi connectivity index (χ2v) is 6.67. The second-order valence-electron chi connectivity index (χ2n) is 5.40. The minimum atomic E-state index is -0.790. The smallest absolute Gasteiger partial charge is 0.326 e. The van der Waals surface area contributed by atoms with Crippen LogP contribution >= 0.6 is 27.5 Å². The van der Waals surface area contributed by atoms with Crippen molar-refractivity contribution in [2.24, 2.45) is 5.92 Å². The van der Waals surface area contributed by atoms with Crippen LogP contribution in [0.3, 0.4) is 0 Å². The average molecular weight is 361 g/mol. The predicted molar refractivity (Wildman–Crippen MR) is 85.4 cm³/mol. The summed E-state index contributed by atoms with van der Waals surface area (Å²) in [7, 11) is 0. The maximum Gasteiger partial charge on any atom is 0.326 e. The largest absolute Gasteiger partial charge is 0.480 e. The highest BCUT2D eigenvalue weighted by atomic mass is 79.9. The van der Waals surface area contributed by atoms with Crippen molar-refractivity contribution in [1.82, 2.24) is 0 Å². The highest BCUT2D eigenvalue weighted by Crippen LogP contribution is 2.30. The number of hydrogen-bond acceptors (Lipinski definition) is 2. The Balaban J connectivity index is 2.00. The molecule has 0 aromatic heterocycles. The minimum Gasteiger partial charge on any atom is -0.480 e. The summed E-state index contributed by atoms with van der Waals surface area (Å²) >= 11 is 9.30. The van der Waals surface area contributed by atoms with Crippen molar-refractivity contribution in [1.29, 1.82) is 0 Å². The van der Waals surface area contributed by atoms with Crippen molar-refractivity contribution in [2.75, 3.05) is 5.32 Å². The van der Waals surface area contributed by atoms with Gasteiger partial charge in [0, 0.05) is 10.2 Å². The zero-order valence-electron chi connectivity index (χ0n) is 11.2. The van der Waals surface area contributed by atoms with E-state index in [1.165, 1.54) is 19.3 Å². The van der Waals surface area contributed by atoms with Crippen molar-refractivity contribution >= 4 is 39.2 Å². The van der Waals surface area contributed by atoms with Crippen molar-refractivity contribution in [3.63, 3.8) is 0 Å². The van der Waals surface area contributed by atoms with Gasteiger partial charge >= 0.3 is 5.97 Å². The van der Waals surface area contributed by atoms with E-state index in [4.69, 9.17) is 11.6 Å². The lowest BCUT2D eigenvalue weighted by Gasteiger charge is -2.25. The summed E-state index contributed by atoms with van der Waals surface area (Å²) in [6, 6.07) is 4.85. The molecule has 110 valence electrons. The van der Waals surface area contributed by atoms with Crippen molar-refractivity contribution in [2.45, 2.75) is 44.6 Å². The van der Waals surface area contributed by atoms with Crippen LogP contribution in [-0.2, 0) is 4.79 Å². The Hall–Kier alpha value is -0.740. The van der Waals surface area contributed by atoms with Crippen LogP contribution in [0.15, 0.2) is 22.7 Å². The van der Waals surface area contributed by atoms with Gasteiger partial charge in [-0.25, -0.2) is 4.79 Å². The molecule has 1 aliphatic carbocycles. The number of benzene rings is 1. The third kappa shape index (κ3) is 4.38. The molecule has 1 atom stereocenters. The van der Waals surface area contributed by atoms with Gasteiger partial charge in [-0.15, -0.1) is 0 Å². The number of anilines is 1. The molecule has 0 aliphatic heterocycles. The maximum absolute atomic E-state index is 11.4. The molecular weight excluding hydrogens is 342 g/mol. The van der Waals surface area contributed by atoms with Gasteiger partial charge in [0.2, 0.25) is 0 Å². The fourth-order valence-corrected chi connectivity index (χ4v) is 3.26. The molecule has 0 radical (unpaired) electrons. The number of hydrogen-bond donors (Lipinski definition) is 2. The summed E-state index contributed by atoms with van der Waals surface area (Å²) in [4.78, 5) is 11.4. The molecule has 0 amide bonds. The van der Waals surface area contributed by atoms with E-state index >= 15 is 0 Å². The van der Waals surface area contributed by atoms with Crippen LogP contribution < -0.4 is 5.32 Å².